The van der Waals surface area contributed by atoms with E-state index in [0.717, 1.165) is 49.2 Å². The fourth-order valence-corrected chi connectivity index (χ4v) is 7.63. The van der Waals surface area contributed by atoms with Crippen LogP contribution >= 0.6 is 0 Å². The molecule has 6 nitrogen and oxygen atoms in total. The zero-order valence-corrected chi connectivity index (χ0v) is 22.1. The van der Waals surface area contributed by atoms with Gasteiger partial charge in [-0.15, -0.1) is 0 Å². The monoisotopic (exact) mass is 497 g/mol. The summed E-state index contributed by atoms with van der Waals surface area (Å²) >= 11 is 0. The van der Waals surface area contributed by atoms with Crippen molar-refractivity contribution < 1.29 is 13.2 Å². The van der Waals surface area contributed by atoms with Crippen LogP contribution in [0, 0.1) is 32.6 Å². The molecule has 2 aliphatic rings. The zero-order valence-electron chi connectivity index (χ0n) is 21.3. The van der Waals surface area contributed by atoms with Crippen LogP contribution < -0.4 is 5.32 Å². The summed E-state index contributed by atoms with van der Waals surface area (Å²) in [7, 11) is -3.55. The van der Waals surface area contributed by atoms with E-state index in [1.165, 1.54) is 5.56 Å². The normalized spacial score (nSPS) is 20.6. The van der Waals surface area contributed by atoms with Gasteiger partial charge in [-0.25, -0.2) is 8.42 Å². The van der Waals surface area contributed by atoms with E-state index >= 15 is 0 Å². The minimum Gasteiger partial charge on any atom is -0.356 e. The van der Waals surface area contributed by atoms with E-state index in [4.69, 9.17) is 0 Å². The molecule has 0 radical (unpaired) electrons. The van der Waals surface area contributed by atoms with E-state index in [1.807, 2.05) is 39.0 Å². The first-order valence-corrected chi connectivity index (χ1v) is 14.3. The summed E-state index contributed by atoms with van der Waals surface area (Å²) in [6.07, 6.45) is 3.43. The first-order chi connectivity index (χ1) is 16.7. The van der Waals surface area contributed by atoms with Gasteiger partial charge in [0.05, 0.1) is 4.90 Å². The first kappa shape index (κ1) is 25.9. The highest BCUT2D eigenvalue weighted by Gasteiger charge is 2.34. The first-order valence-electron chi connectivity index (χ1n) is 12.9. The van der Waals surface area contributed by atoms with Gasteiger partial charge in [-0.2, -0.15) is 4.31 Å². The van der Waals surface area contributed by atoms with Crippen LogP contribution in [0.4, 0.5) is 0 Å². The Balaban J connectivity index is 1.26. The van der Waals surface area contributed by atoms with Crippen molar-refractivity contribution in [2.45, 2.75) is 57.9 Å². The van der Waals surface area contributed by atoms with Gasteiger partial charge in [0.1, 0.15) is 0 Å². The number of carbonyl (C=O) groups excluding carboxylic acids is 1. The number of amides is 1. The minimum absolute atomic E-state index is 0.0740. The Bertz CT molecular complexity index is 1100. The second kappa shape index (κ2) is 11.2. The minimum atomic E-state index is -3.55. The Hall–Kier alpha value is -2.22. The average Bonchev–Trinajstić information content (AvgIpc) is 2.83. The van der Waals surface area contributed by atoms with Crippen LogP contribution in [0.1, 0.15) is 47.9 Å². The number of piperidine rings is 2. The molecule has 0 saturated carbocycles. The van der Waals surface area contributed by atoms with Gasteiger partial charge in [0, 0.05) is 38.6 Å². The van der Waals surface area contributed by atoms with Gasteiger partial charge in [0.2, 0.25) is 15.9 Å². The van der Waals surface area contributed by atoms with Crippen molar-refractivity contribution >= 4 is 15.9 Å². The average molecular weight is 498 g/mol. The summed E-state index contributed by atoms with van der Waals surface area (Å²) in [4.78, 5) is 15.8. The van der Waals surface area contributed by atoms with Crippen molar-refractivity contribution in [3.05, 3.63) is 64.7 Å². The van der Waals surface area contributed by atoms with Gasteiger partial charge in [-0.05, 0) is 75.6 Å². The van der Waals surface area contributed by atoms with E-state index in [0.29, 0.717) is 43.3 Å². The van der Waals surface area contributed by atoms with Crippen LogP contribution in [-0.4, -0.2) is 56.3 Å². The lowest BCUT2D eigenvalue weighted by atomic mass is 9.95. The molecule has 35 heavy (non-hydrogen) atoms. The molecule has 2 aromatic rings. The molecule has 7 heteroatoms. The van der Waals surface area contributed by atoms with Gasteiger partial charge >= 0.3 is 0 Å². The second-order valence-electron chi connectivity index (χ2n) is 10.4. The lowest BCUT2D eigenvalue weighted by molar-refractivity contribution is -0.126. The number of hydrogen-bond acceptors (Lipinski definition) is 4. The Labute approximate surface area is 210 Å². The fraction of sp³-hybridized carbons (Fsp3) is 0.536. The molecular weight excluding hydrogens is 458 g/mol. The topological polar surface area (TPSA) is 69.7 Å². The molecule has 0 spiro atoms. The Morgan fingerprint density at radius 2 is 1.63 bits per heavy atom. The predicted octanol–water partition coefficient (Wildman–Crippen LogP) is 4.04. The van der Waals surface area contributed by atoms with Crippen LogP contribution in [0.5, 0.6) is 0 Å². The van der Waals surface area contributed by atoms with E-state index in [-0.39, 0.29) is 11.8 Å². The summed E-state index contributed by atoms with van der Waals surface area (Å²) in [5.74, 6) is 0.417. The van der Waals surface area contributed by atoms with Gasteiger partial charge in [0.15, 0.2) is 0 Å². The van der Waals surface area contributed by atoms with Crippen molar-refractivity contribution in [1.29, 1.82) is 0 Å². The van der Waals surface area contributed by atoms with Crippen LogP contribution in [0.25, 0.3) is 0 Å². The van der Waals surface area contributed by atoms with Crippen LogP contribution in [0.2, 0.25) is 0 Å². The van der Waals surface area contributed by atoms with Gasteiger partial charge in [0.25, 0.3) is 0 Å². The second-order valence-corrected chi connectivity index (χ2v) is 12.3. The summed E-state index contributed by atoms with van der Waals surface area (Å²) in [6, 6.07) is 14.4. The number of carbonyl (C=O) groups is 1. The molecule has 0 bridgehead atoms. The highest BCUT2D eigenvalue weighted by Crippen LogP contribution is 2.29. The van der Waals surface area contributed by atoms with Crippen molar-refractivity contribution in [2.75, 3.05) is 32.7 Å². The SMILES string of the molecule is Cc1cc(C)c(S(=O)(=O)N2CCC(C(=O)NCC3CCCN(Cc4ccccc4)C3)CC2)c(C)c1. The maximum absolute atomic E-state index is 13.3. The molecule has 4 rings (SSSR count). The maximum Gasteiger partial charge on any atom is 0.243 e. The van der Waals surface area contributed by atoms with Crippen LogP contribution in [0.3, 0.4) is 0 Å². The summed E-state index contributed by atoms with van der Waals surface area (Å²) < 4.78 is 28.2. The summed E-state index contributed by atoms with van der Waals surface area (Å²) in [5, 5.41) is 3.18. The molecular formula is C28H39N3O3S. The van der Waals surface area contributed by atoms with E-state index in [2.05, 4.69) is 34.5 Å². The van der Waals surface area contributed by atoms with Crippen molar-refractivity contribution in [2.24, 2.45) is 11.8 Å². The number of benzene rings is 2. The van der Waals surface area contributed by atoms with E-state index < -0.39 is 10.0 Å². The molecule has 1 N–H and O–H groups in total. The standard InChI is InChI=1S/C28H39N3O3S/c1-21-16-22(2)27(23(3)17-21)35(33,34)31-14-11-26(12-15-31)28(32)29-18-25-10-7-13-30(20-25)19-24-8-5-4-6-9-24/h4-6,8-9,16-17,25-26H,7,10-15,18-20H2,1-3H3,(H,29,32). The summed E-state index contributed by atoms with van der Waals surface area (Å²) in [6.45, 7) is 10.2. The largest absolute Gasteiger partial charge is 0.356 e. The molecule has 0 aromatic heterocycles. The molecule has 1 unspecified atom stereocenters. The third-order valence-electron chi connectivity index (χ3n) is 7.44. The molecule has 190 valence electrons. The van der Waals surface area contributed by atoms with Gasteiger partial charge < -0.3 is 5.32 Å². The van der Waals surface area contributed by atoms with Gasteiger partial charge in [-0.3, -0.25) is 9.69 Å². The number of aryl methyl sites for hydroxylation is 3. The molecule has 2 fully saturated rings. The third-order valence-corrected chi connectivity index (χ3v) is 9.65. The number of nitrogens with one attached hydrogen (secondary N) is 1. The molecule has 2 saturated heterocycles. The number of hydrogen-bond donors (Lipinski definition) is 1. The third kappa shape index (κ3) is 6.32. The van der Waals surface area contributed by atoms with Crippen LogP contribution in [-0.2, 0) is 21.4 Å². The molecule has 2 heterocycles. The molecule has 2 aromatic carbocycles. The molecule has 0 aliphatic carbocycles. The smallest absolute Gasteiger partial charge is 0.243 e. The molecule has 1 atom stereocenters. The Kier molecular flexibility index (Phi) is 8.30. The number of rotatable bonds is 7. The molecule has 1 amide bonds. The number of nitrogens with zero attached hydrogens (tertiary/aromatic N) is 2. The quantitative estimate of drug-likeness (QED) is 0.627. The Morgan fingerprint density at radius 1 is 0.971 bits per heavy atom. The number of likely N-dealkylation sites (tertiary alicyclic amines) is 1. The highest BCUT2D eigenvalue weighted by molar-refractivity contribution is 7.89. The van der Waals surface area contributed by atoms with Gasteiger partial charge in [-0.1, -0.05) is 48.0 Å². The fourth-order valence-electron chi connectivity index (χ4n) is 5.75. The maximum atomic E-state index is 13.3. The lowest BCUT2D eigenvalue weighted by Crippen LogP contribution is -2.45. The Morgan fingerprint density at radius 3 is 2.29 bits per heavy atom. The molecule has 2 aliphatic heterocycles. The van der Waals surface area contributed by atoms with E-state index in [1.54, 1.807) is 4.31 Å². The predicted molar refractivity (Wildman–Crippen MR) is 140 cm³/mol. The van der Waals surface area contributed by atoms with Crippen molar-refractivity contribution in [1.82, 2.24) is 14.5 Å². The number of sulfonamides is 1. The highest BCUT2D eigenvalue weighted by atomic mass is 32.2. The summed E-state index contributed by atoms with van der Waals surface area (Å²) in [5.41, 5.74) is 3.97. The zero-order chi connectivity index (χ0) is 25.0. The van der Waals surface area contributed by atoms with E-state index in [9.17, 15) is 13.2 Å². The van der Waals surface area contributed by atoms with Crippen molar-refractivity contribution in [3.8, 4) is 0 Å². The lowest BCUT2D eigenvalue weighted by Gasteiger charge is -2.34. The van der Waals surface area contributed by atoms with Crippen molar-refractivity contribution in [3.63, 3.8) is 0 Å². The van der Waals surface area contributed by atoms with Crippen LogP contribution in [0.15, 0.2) is 47.4 Å².